The van der Waals surface area contributed by atoms with Gasteiger partial charge in [0.05, 0.1) is 12.3 Å². The van der Waals surface area contributed by atoms with Crippen molar-refractivity contribution in [3.05, 3.63) is 41.8 Å². The van der Waals surface area contributed by atoms with Gasteiger partial charge in [-0.2, -0.15) is 0 Å². The number of amides is 1. The number of hydrogen-bond donors (Lipinski definition) is 2. The van der Waals surface area contributed by atoms with Crippen molar-refractivity contribution >= 4 is 5.91 Å². The van der Waals surface area contributed by atoms with Crippen LogP contribution in [0.4, 0.5) is 0 Å². The molecule has 1 amide bonds. The first kappa shape index (κ1) is 17.6. The highest BCUT2D eigenvalue weighted by molar-refractivity contribution is 5.92. The van der Waals surface area contributed by atoms with Crippen LogP contribution in [0.3, 0.4) is 0 Å². The van der Waals surface area contributed by atoms with E-state index < -0.39 is 0 Å². The van der Waals surface area contributed by atoms with E-state index in [-0.39, 0.29) is 17.1 Å². The van der Waals surface area contributed by atoms with Gasteiger partial charge in [0, 0.05) is 24.6 Å². The summed E-state index contributed by atoms with van der Waals surface area (Å²) in [6, 6.07) is 9.59. The van der Waals surface area contributed by atoms with Gasteiger partial charge in [-0.1, -0.05) is 18.2 Å². The van der Waals surface area contributed by atoms with E-state index in [2.05, 4.69) is 15.6 Å². The predicted octanol–water partition coefficient (Wildman–Crippen LogP) is 2.40. The summed E-state index contributed by atoms with van der Waals surface area (Å²) in [5.41, 5.74) is 1.44. The Hall–Kier alpha value is -2.18. The Morgan fingerprint density at radius 1 is 1.32 bits per heavy atom. The topological polar surface area (TPSA) is 76.4 Å². The fourth-order valence-electron chi connectivity index (χ4n) is 3.29. The molecule has 1 aromatic carbocycles. The summed E-state index contributed by atoms with van der Waals surface area (Å²) in [5.74, 6) is 0.526. The van der Waals surface area contributed by atoms with E-state index in [0.29, 0.717) is 24.7 Å². The van der Waals surface area contributed by atoms with Crippen LogP contribution in [0.25, 0.3) is 11.5 Å². The smallest absolute Gasteiger partial charge is 0.289 e. The summed E-state index contributed by atoms with van der Waals surface area (Å²) in [7, 11) is 1.71. The normalized spacial score (nSPS) is 16.6. The molecule has 0 bridgehead atoms. The van der Waals surface area contributed by atoms with Gasteiger partial charge in [0.15, 0.2) is 0 Å². The molecule has 0 atom stereocenters. The SMILES string of the molecule is COCC1(CNC(=O)c2oc(-c3ccccc3)nc2C)CCNCC1. The average molecular weight is 343 g/mol. The Labute approximate surface area is 148 Å². The first-order valence-electron chi connectivity index (χ1n) is 8.64. The van der Waals surface area contributed by atoms with Gasteiger partial charge >= 0.3 is 0 Å². The molecule has 1 aliphatic rings. The maximum absolute atomic E-state index is 12.6. The molecule has 2 aromatic rings. The van der Waals surface area contributed by atoms with Gasteiger partial charge in [-0.05, 0) is 45.0 Å². The van der Waals surface area contributed by atoms with Crippen LogP contribution in [0, 0.1) is 12.3 Å². The number of oxazole rings is 1. The van der Waals surface area contributed by atoms with Crippen LogP contribution < -0.4 is 10.6 Å². The van der Waals surface area contributed by atoms with E-state index in [1.54, 1.807) is 14.0 Å². The minimum absolute atomic E-state index is 0.0220. The number of methoxy groups -OCH3 is 1. The third-order valence-electron chi connectivity index (χ3n) is 4.76. The van der Waals surface area contributed by atoms with Crippen molar-refractivity contribution < 1.29 is 13.9 Å². The zero-order valence-corrected chi connectivity index (χ0v) is 14.8. The van der Waals surface area contributed by atoms with Crippen LogP contribution in [0.5, 0.6) is 0 Å². The quantitative estimate of drug-likeness (QED) is 0.842. The van der Waals surface area contributed by atoms with Crippen LogP contribution >= 0.6 is 0 Å². The lowest BCUT2D eigenvalue weighted by Gasteiger charge is -2.37. The third kappa shape index (κ3) is 4.08. The van der Waals surface area contributed by atoms with Crippen molar-refractivity contribution in [3.63, 3.8) is 0 Å². The highest BCUT2D eigenvalue weighted by Gasteiger charge is 2.33. The molecule has 0 saturated carbocycles. The van der Waals surface area contributed by atoms with Gasteiger partial charge in [0.25, 0.3) is 5.91 Å². The van der Waals surface area contributed by atoms with Crippen LogP contribution in [0.1, 0.15) is 29.1 Å². The number of hydrogen-bond acceptors (Lipinski definition) is 5. The molecule has 1 aromatic heterocycles. The van der Waals surface area contributed by atoms with Crippen molar-refractivity contribution in [2.45, 2.75) is 19.8 Å². The van der Waals surface area contributed by atoms with Crippen molar-refractivity contribution in [2.75, 3.05) is 33.4 Å². The maximum Gasteiger partial charge on any atom is 0.289 e. The molecule has 25 heavy (non-hydrogen) atoms. The molecule has 6 heteroatoms. The highest BCUT2D eigenvalue weighted by Crippen LogP contribution is 2.28. The number of carbonyl (C=O) groups is 1. The van der Waals surface area contributed by atoms with Crippen LogP contribution in [0.15, 0.2) is 34.7 Å². The second kappa shape index (κ2) is 7.80. The molecule has 134 valence electrons. The number of ether oxygens (including phenoxy) is 1. The van der Waals surface area contributed by atoms with E-state index in [0.717, 1.165) is 31.5 Å². The molecule has 6 nitrogen and oxygen atoms in total. The number of nitrogens with one attached hydrogen (secondary N) is 2. The van der Waals surface area contributed by atoms with E-state index in [4.69, 9.17) is 9.15 Å². The molecular formula is C19H25N3O3. The van der Waals surface area contributed by atoms with Crippen LogP contribution in [0.2, 0.25) is 0 Å². The molecule has 0 aliphatic carbocycles. The minimum Gasteiger partial charge on any atom is -0.431 e. The number of aryl methyl sites for hydroxylation is 1. The van der Waals surface area contributed by atoms with Gasteiger partial charge in [-0.25, -0.2) is 4.98 Å². The largest absolute Gasteiger partial charge is 0.431 e. The number of carbonyl (C=O) groups excluding carboxylic acids is 1. The number of piperidine rings is 1. The Morgan fingerprint density at radius 3 is 2.72 bits per heavy atom. The van der Waals surface area contributed by atoms with E-state index in [1.165, 1.54) is 0 Å². The highest BCUT2D eigenvalue weighted by atomic mass is 16.5. The standard InChI is InChI=1S/C19H25N3O3/c1-14-16(25-18(22-14)15-6-4-3-5-7-15)17(23)21-12-19(13-24-2)8-10-20-11-9-19/h3-7,20H,8-13H2,1-2H3,(H,21,23). The van der Waals surface area contributed by atoms with Crippen molar-refractivity contribution in [3.8, 4) is 11.5 Å². The summed E-state index contributed by atoms with van der Waals surface area (Å²) in [5, 5.41) is 6.37. The Morgan fingerprint density at radius 2 is 2.04 bits per heavy atom. The van der Waals surface area contributed by atoms with E-state index in [9.17, 15) is 4.79 Å². The lowest BCUT2D eigenvalue weighted by molar-refractivity contribution is 0.0506. The lowest BCUT2D eigenvalue weighted by Crippen LogP contribution is -2.47. The third-order valence-corrected chi connectivity index (χ3v) is 4.76. The van der Waals surface area contributed by atoms with Crippen molar-refractivity contribution in [2.24, 2.45) is 5.41 Å². The molecule has 2 heterocycles. The average Bonchev–Trinajstić information content (AvgIpc) is 3.03. The van der Waals surface area contributed by atoms with Gasteiger partial charge < -0.3 is 19.8 Å². The summed E-state index contributed by atoms with van der Waals surface area (Å²) in [4.78, 5) is 17.0. The van der Waals surface area contributed by atoms with Crippen LogP contribution in [-0.4, -0.2) is 44.2 Å². The second-order valence-electron chi connectivity index (χ2n) is 6.67. The number of nitrogens with zero attached hydrogens (tertiary/aromatic N) is 1. The molecule has 1 aliphatic heterocycles. The van der Waals surface area contributed by atoms with Gasteiger partial charge in [0.2, 0.25) is 11.7 Å². The van der Waals surface area contributed by atoms with Gasteiger partial charge in [-0.3, -0.25) is 4.79 Å². The van der Waals surface area contributed by atoms with Crippen molar-refractivity contribution in [1.82, 2.24) is 15.6 Å². The summed E-state index contributed by atoms with van der Waals surface area (Å²) >= 11 is 0. The molecule has 0 unspecified atom stereocenters. The molecule has 2 N–H and O–H groups in total. The zero-order valence-electron chi connectivity index (χ0n) is 14.8. The molecular weight excluding hydrogens is 318 g/mol. The van der Waals surface area contributed by atoms with Gasteiger partial charge in [-0.15, -0.1) is 0 Å². The Kier molecular flexibility index (Phi) is 5.50. The number of aromatic nitrogens is 1. The Balaban J connectivity index is 1.70. The molecule has 1 fully saturated rings. The first-order valence-corrected chi connectivity index (χ1v) is 8.64. The van der Waals surface area contributed by atoms with Crippen molar-refractivity contribution in [1.29, 1.82) is 0 Å². The fraction of sp³-hybridized carbons (Fsp3) is 0.474. The molecule has 0 spiro atoms. The summed E-state index contributed by atoms with van der Waals surface area (Å²) in [6.45, 7) is 4.89. The monoisotopic (exact) mass is 343 g/mol. The molecule has 0 radical (unpaired) electrons. The summed E-state index contributed by atoms with van der Waals surface area (Å²) in [6.07, 6.45) is 1.96. The number of benzene rings is 1. The Bertz CT molecular complexity index is 700. The van der Waals surface area contributed by atoms with Crippen LogP contribution in [-0.2, 0) is 4.74 Å². The molecule has 1 saturated heterocycles. The second-order valence-corrected chi connectivity index (χ2v) is 6.67. The minimum atomic E-state index is -0.221. The fourth-order valence-corrected chi connectivity index (χ4v) is 3.29. The maximum atomic E-state index is 12.6. The van der Waals surface area contributed by atoms with Gasteiger partial charge in [0.1, 0.15) is 0 Å². The van der Waals surface area contributed by atoms with E-state index >= 15 is 0 Å². The zero-order chi connectivity index (χ0) is 17.7. The summed E-state index contributed by atoms with van der Waals surface area (Å²) < 4.78 is 11.1. The molecule has 3 rings (SSSR count). The van der Waals surface area contributed by atoms with E-state index in [1.807, 2.05) is 30.3 Å². The number of rotatable bonds is 6. The predicted molar refractivity (Wildman–Crippen MR) is 95.4 cm³/mol. The first-order chi connectivity index (χ1) is 12.1. The lowest BCUT2D eigenvalue weighted by atomic mass is 9.79.